The Balaban J connectivity index is 4.21. The van der Waals surface area contributed by atoms with Crippen LogP contribution in [0.1, 0.15) is 220 Å². The molecular formula is C50H86O6. The van der Waals surface area contributed by atoms with Crippen LogP contribution in [0, 0.1) is 0 Å². The summed E-state index contributed by atoms with van der Waals surface area (Å²) in [5, 5.41) is 0. The molecule has 0 fully saturated rings. The summed E-state index contributed by atoms with van der Waals surface area (Å²) < 4.78 is 16.6. The number of unbranched alkanes of at least 4 members (excludes halogenated alkanes) is 20. The van der Waals surface area contributed by atoms with Crippen LogP contribution in [0.2, 0.25) is 0 Å². The van der Waals surface area contributed by atoms with Gasteiger partial charge >= 0.3 is 17.9 Å². The van der Waals surface area contributed by atoms with Gasteiger partial charge in [-0.15, -0.1) is 0 Å². The summed E-state index contributed by atoms with van der Waals surface area (Å²) in [5.74, 6) is -0.911. The van der Waals surface area contributed by atoms with E-state index in [9.17, 15) is 14.4 Å². The standard InChI is InChI=1S/C50H86O6/c1-4-7-10-13-16-18-20-21-22-23-24-25-26-27-28-29-31-32-34-37-40-43-49(52)55-46-47(45-54-48(51)42-39-36-15-12-9-6-3)56-50(53)44-41-38-35-33-30-19-17-14-11-8-5-2/h7,10,14,16-18,21-22,24-25,47H,4-6,8-9,11-13,15,19-20,23,26-46H2,1-3H3/b10-7-,17-14-,18-16-,22-21-,25-24-. The molecule has 0 amide bonds. The fourth-order valence-corrected chi connectivity index (χ4v) is 6.24. The van der Waals surface area contributed by atoms with Gasteiger partial charge in [-0.05, 0) is 77.0 Å². The van der Waals surface area contributed by atoms with E-state index in [1.807, 2.05) is 0 Å². The molecule has 56 heavy (non-hydrogen) atoms. The number of carbonyl (C=O) groups is 3. The highest BCUT2D eigenvalue weighted by atomic mass is 16.6. The highest BCUT2D eigenvalue weighted by Crippen LogP contribution is 2.14. The molecule has 0 saturated heterocycles. The van der Waals surface area contributed by atoms with E-state index in [0.29, 0.717) is 19.3 Å². The van der Waals surface area contributed by atoms with Crippen molar-refractivity contribution in [3.05, 3.63) is 60.8 Å². The molecule has 0 aromatic heterocycles. The average Bonchev–Trinajstić information content (AvgIpc) is 3.19. The van der Waals surface area contributed by atoms with Gasteiger partial charge in [-0.2, -0.15) is 0 Å². The fourth-order valence-electron chi connectivity index (χ4n) is 6.24. The van der Waals surface area contributed by atoms with Gasteiger partial charge < -0.3 is 14.2 Å². The van der Waals surface area contributed by atoms with E-state index in [-0.39, 0.29) is 31.1 Å². The van der Waals surface area contributed by atoms with Crippen LogP contribution in [0.5, 0.6) is 0 Å². The van der Waals surface area contributed by atoms with Crippen molar-refractivity contribution in [3.8, 4) is 0 Å². The molecule has 0 saturated carbocycles. The van der Waals surface area contributed by atoms with Crippen LogP contribution >= 0.6 is 0 Å². The van der Waals surface area contributed by atoms with Crippen molar-refractivity contribution < 1.29 is 28.6 Å². The summed E-state index contributed by atoms with van der Waals surface area (Å²) in [7, 11) is 0. The quantitative estimate of drug-likeness (QED) is 0.0266. The lowest BCUT2D eigenvalue weighted by molar-refractivity contribution is -0.167. The highest BCUT2D eigenvalue weighted by molar-refractivity contribution is 5.71. The third-order valence-electron chi connectivity index (χ3n) is 9.76. The van der Waals surface area contributed by atoms with Crippen LogP contribution in [0.4, 0.5) is 0 Å². The molecule has 6 heteroatoms. The first-order chi connectivity index (χ1) is 27.5. The minimum Gasteiger partial charge on any atom is -0.462 e. The normalized spacial score (nSPS) is 12.6. The zero-order valence-electron chi connectivity index (χ0n) is 36.6. The van der Waals surface area contributed by atoms with Crippen LogP contribution in [0.3, 0.4) is 0 Å². The van der Waals surface area contributed by atoms with Gasteiger partial charge in [-0.1, -0.05) is 184 Å². The molecule has 0 aliphatic carbocycles. The monoisotopic (exact) mass is 783 g/mol. The molecule has 1 atom stereocenters. The Kier molecular flexibility index (Phi) is 42.5. The minimum absolute atomic E-state index is 0.0805. The summed E-state index contributed by atoms with van der Waals surface area (Å²) in [6.07, 6.45) is 53.7. The van der Waals surface area contributed by atoms with E-state index in [0.717, 1.165) is 103 Å². The van der Waals surface area contributed by atoms with Crippen molar-refractivity contribution >= 4 is 17.9 Å². The second kappa shape index (κ2) is 44.8. The van der Waals surface area contributed by atoms with E-state index < -0.39 is 6.10 Å². The molecule has 0 aliphatic heterocycles. The summed E-state index contributed by atoms with van der Waals surface area (Å²) in [6.45, 7) is 6.40. The van der Waals surface area contributed by atoms with Crippen molar-refractivity contribution in [2.45, 2.75) is 226 Å². The van der Waals surface area contributed by atoms with Crippen molar-refractivity contribution in [1.29, 1.82) is 0 Å². The number of ether oxygens (including phenoxy) is 3. The van der Waals surface area contributed by atoms with E-state index >= 15 is 0 Å². The first-order valence-electron chi connectivity index (χ1n) is 23.3. The van der Waals surface area contributed by atoms with Crippen LogP contribution in [0.25, 0.3) is 0 Å². The Morgan fingerprint density at radius 2 is 0.714 bits per heavy atom. The number of esters is 3. The molecule has 0 bridgehead atoms. The smallest absolute Gasteiger partial charge is 0.306 e. The van der Waals surface area contributed by atoms with Gasteiger partial charge in [-0.25, -0.2) is 0 Å². The summed E-state index contributed by atoms with van der Waals surface area (Å²) in [6, 6.07) is 0. The first kappa shape index (κ1) is 53.1. The van der Waals surface area contributed by atoms with Gasteiger partial charge in [0.25, 0.3) is 0 Å². The Morgan fingerprint density at radius 1 is 0.375 bits per heavy atom. The molecule has 322 valence electrons. The Hall–Kier alpha value is -2.89. The molecule has 0 aromatic carbocycles. The van der Waals surface area contributed by atoms with E-state index in [4.69, 9.17) is 14.2 Å². The van der Waals surface area contributed by atoms with E-state index in [1.54, 1.807) is 0 Å². The van der Waals surface area contributed by atoms with Crippen LogP contribution < -0.4 is 0 Å². The summed E-state index contributed by atoms with van der Waals surface area (Å²) in [5.41, 5.74) is 0. The molecule has 0 aromatic rings. The topological polar surface area (TPSA) is 78.9 Å². The van der Waals surface area contributed by atoms with Crippen molar-refractivity contribution in [2.75, 3.05) is 13.2 Å². The predicted molar refractivity (Wildman–Crippen MR) is 238 cm³/mol. The minimum atomic E-state index is -0.776. The fraction of sp³-hybridized carbons (Fsp3) is 0.740. The molecule has 0 spiro atoms. The number of allylic oxidation sites excluding steroid dienone is 10. The van der Waals surface area contributed by atoms with Crippen molar-refractivity contribution in [3.63, 3.8) is 0 Å². The van der Waals surface area contributed by atoms with Crippen LogP contribution in [0.15, 0.2) is 60.8 Å². The van der Waals surface area contributed by atoms with Gasteiger partial charge in [-0.3, -0.25) is 14.4 Å². The largest absolute Gasteiger partial charge is 0.462 e. The molecule has 6 nitrogen and oxygen atoms in total. The lowest BCUT2D eigenvalue weighted by atomic mass is 10.1. The predicted octanol–water partition coefficient (Wildman–Crippen LogP) is 14.9. The lowest BCUT2D eigenvalue weighted by Gasteiger charge is -2.18. The number of hydrogen-bond acceptors (Lipinski definition) is 6. The van der Waals surface area contributed by atoms with Crippen molar-refractivity contribution in [2.24, 2.45) is 0 Å². The molecule has 0 heterocycles. The molecule has 0 rings (SSSR count). The summed E-state index contributed by atoms with van der Waals surface area (Å²) >= 11 is 0. The first-order valence-corrected chi connectivity index (χ1v) is 23.3. The highest BCUT2D eigenvalue weighted by Gasteiger charge is 2.19. The second-order valence-electron chi connectivity index (χ2n) is 15.3. The molecule has 1 unspecified atom stereocenters. The Labute approximate surface area is 345 Å². The molecular weight excluding hydrogens is 697 g/mol. The van der Waals surface area contributed by atoms with Crippen LogP contribution in [-0.4, -0.2) is 37.2 Å². The third kappa shape index (κ3) is 42.3. The Morgan fingerprint density at radius 3 is 1.16 bits per heavy atom. The van der Waals surface area contributed by atoms with Gasteiger partial charge in [0.2, 0.25) is 0 Å². The SMILES string of the molecule is CC/C=C\C/C=C\C/C=C\C/C=C\CCCCCCCCCCC(=O)OCC(COC(=O)CCCCCCCC)OC(=O)CCCCCCC/C=C\CCCC. The summed E-state index contributed by atoms with van der Waals surface area (Å²) in [4.78, 5) is 37.5. The molecule has 0 N–H and O–H groups in total. The van der Waals surface area contributed by atoms with Gasteiger partial charge in [0.1, 0.15) is 13.2 Å². The van der Waals surface area contributed by atoms with Crippen LogP contribution in [-0.2, 0) is 28.6 Å². The maximum Gasteiger partial charge on any atom is 0.306 e. The zero-order valence-corrected chi connectivity index (χ0v) is 36.6. The second-order valence-corrected chi connectivity index (χ2v) is 15.3. The number of hydrogen-bond donors (Lipinski definition) is 0. The third-order valence-corrected chi connectivity index (χ3v) is 9.76. The zero-order chi connectivity index (χ0) is 40.8. The number of carbonyl (C=O) groups excluding carboxylic acids is 3. The maximum atomic E-state index is 12.7. The van der Waals surface area contributed by atoms with E-state index in [1.165, 1.54) is 77.0 Å². The number of rotatable bonds is 41. The van der Waals surface area contributed by atoms with E-state index in [2.05, 4.69) is 81.5 Å². The Bertz CT molecular complexity index is 1040. The van der Waals surface area contributed by atoms with Gasteiger partial charge in [0.05, 0.1) is 0 Å². The van der Waals surface area contributed by atoms with Gasteiger partial charge in [0, 0.05) is 19.3 Å². The van der Waals surface area contributed by atoms with Crippen molar-refractivity contribution in [1.82, 2.24) is 0 Å². The maximum absolute atomic E-state index is 12.7. The average molecular weight is 783 g/mol. The lowest BCUT2D eigenvalue weighted by Crippen LogP contribution is -2.30. The van der Waals surface area contributed by atoms with Gasteiger partial charge in [0.15, 0.2) is 6.10 Å². The molecule has 0 aliphatic rings. The molecule has 0 radical (unpaired) electrons.